The maximum Gasteiger partial charge on any atom is 0.0704 e. The Morgan fingerprint density at radius 3 is 2.53 bits per heavy atom. The normalized spacial score (nSPS) is 18.6. The molecule has 1 heterocycles. The van der Waals surface area contributed by atoms with E-state index < -0.39 is 0 Å². The van der Waals surface area contributed by atoms with Gasteiger partial charge >= 0.3 is 0 Å². The van der Waals surface area contributed by atoms with Gasteiger partial charge in [0.15, 0.2) is 0 Å². The Labute approximate surface area is 93.5 Å². The monoisotopic (exact) mass is 215 g/mol. The van der Waals surface area contributed by atoms with Gasteiger partial charge in [0.1, 0.15) is 0 Å². The van der Waals surface area contributed by atoms with Gasteiger partial charge in [-0.15, -0.1) is 0 Å². The first kappa shape index (κ1) is 12.9. The Morgan fingerprint density at radius 1 is 1.13 bits per heavy atom. The van der Waals surface area contributed by atoms with Crippen LogP contribution in [0.1, 0.15) is 33.1 Å². The van der Waals surface area contributed by atoms with Crippen LogP contribution in [-0.2, 0) is 9.47 Å². The number of piperidine rings is 1. The maximum atomic E-state index is 5.72. The van der Waals surface area contributed by atoms with Crippen molar-refractivity contribution in [2.45, 2.75) is 39.2 Å². The fourth-order valence-corrected chi connectivity index (χ4v) is 1.66. The minimum absolute atomic E-state index is 0.458. The molecule has 1 aliphatic heterocycles. The van der Waals surface area contributed by atoms with Crippen molar-refractivity contribution in [3.8, 4) is 0 Å². The third-order valence-corrected chi connectivity index (χ3v) is 2.71. The molecule has 1 rings (SSSR count). The van der Waals surface area contributed by atoms with Crippen LogP contribution in [0.4, 0.5) is 0 Å². The van der Waals surface area contributed by atoms with Crippen molar-refractivity contribution >= 4 is 0 Å². The van der Waals surface area contributed by atoms with Crippen LogP contribution < -0.4 is 5.32 Å². The average molecular weight is 215 g/mol. The van der Waals surface area contributed by atoms with Crippen molar-refractivity contribution in [1.82, 2.24) is 5.32 Å². The van der Waals surface area contributed by atoms with E-state index >= 15 is 0 Å². The van der Waals surface area contributed by atoms with E-state index in [1.54, 1.807) is 0 Å². The van der Waals surface area contributed by atoms with Gasteiger partial charge in [-0.05, 0) is 38.3 Å². The van der Waals surface area contributed by atoms with Crippen molar-refractivity contribution in [3.05, 3.63) is 0 Å². The lowest BCUT2D eigenvalue weighted by Crippen LogP contribution is -2.33. The molecule has 1 fully saturated rings. The van der Waals surface area contributed by atoms with Crippen molar-refractivity contribution in [2.24, 2.45) is 5.92 Å². The number of ether oxygens (including phenoxy) is 2. The van der Waals surface area contributed by atoms with E-state index in [-0.39, 0.29) is 0 Å². The van der Waals surface area contributed by atoms with Crippen molar-refractivity contribution < 1.29 is 9.47 Å². The zero-order chi connectivity index (χ0) is 10.9. The van der Waals surface area contributed by atoms with Gasteiger partial charge in [-0.2, -0.15) is 0 Å². The summed E-state index contributed by atoms with van der Waals surface area (Å²) < 4.78 is 11.2. The van der Waals surface area contributed by atoms with E-state index in [2.05, 4.69) is 19.2 Å². The predicted molar refractivity (Wildman–Crippen MR) is 62.1 cm³/mol. The zero-order valence-electron chi connectivity index (χ0n) is 10.1. The van der Waals surface area contributed by atoms with E-state index in [4.69, 9.17) is 9.47 Å². The fourth-order valence-electron chi connectivity index (χ4n) is 1.66. The number of hydrogen-bond donors (Lipinski definition) is 1. The maximum absolute atomic E-state index is 5.72. The third kappa shape index (κ3) is 6.88. The molecule has 0 spiro atoms. The third-order valence-electron chi connectivity index (χ3n) is 2.71. The second kappa shape index (κ2) is 8.08. The van der Waals surface area contributed by atoms with E-state index in [1.165, 1.54) is 0 Å². The molecule has 1 aliphatic rings. The largest absolute Gasteiger partial charge is 0.379 e. The minimum Gasteiger partial charge on any atom is -0.379 e. The van der Waals surface area contributed by atoms with Crippen molar-refractivity contribution in [2.75, 3.05) is 32.9 Å². The molecule has 0 radical (unpaired) electrons. The highest BCUT2D eigenvalue weighted by Gasteiger charge is 2.12. The summed E-state index contributed by atoms with van der Waals surface area (Å²) in [6.07, 6.45) is 3.89. The van der Waals surface area contributed by atoms with Crippen LogP contribution in [0.15, 0.2) is 0 Å². The molecule has 0 aromatic heterocycles. The summed E-state index contributed by atoms with van der Waals surface area (Å²) in [6, 6.07) is 0. The summed E-state index contributed by atoms with van der Waals surface area (Å²) in [5.41, 5.74) is 0. The first-order chi connectivity index (χ1) is 7.29. The standard InChI is InChI=1S/C12H25NO2/c1-11(2)5-8-14-9-10-15-12-3-6-13-7-4-12/h11-13H,3-10H2,1-2H3. The Bertz CT molecular complexity index is 145. The molecule has 1 N–H and O–H groups in total. The Morgan fingerprint density at radius 2 is 1.87 bits per heavy atom. The molecule has 0 saturated carbocycles. The van der Waals surface area contributed by atoms with Crippen molar-refractivity contribution in [3.63, 3.8) is 0 Å². The van der Waals surface area contributed by atoms with Gasteiger partial charge in [-0.3, -0.25) is 0 Å². The molecule has 0 aromatic rings. The van der Waals surface area contributed by atoms with Gasteiger partial charge in [0.05, 0.1) is 19.3 Å². The van der Waals surface area contributed by atoms with Gasteiger partial charge in [-0.25, -0.2) is 0 Å². The highest BCUT2D eigenvalue weighted by molar-refractivity contribution is 4.67. The summed E-state index contributed by atoms with van der Waals surface area (Å²) in [5.74, 6) is 0.732. The Balaban J connectivity index is 1.83. The lowest BCUT2D eigenvalue weighted by atomic mass is 10.1. The molecule has 0 aromatic carbocycles. The van der Waals surface area contributed by atoms with Gasteiger partial charge in [0.2, 0.25) is 0 Å². The van der Waals surface area contributed by atoms with E-state index in [1.807, 2.05) is 0 Å². The smallest absolute Gasteiger partial charge is 0.0704 e. The molecule has 3 heteroatoms. The van der Waals surface area contributed by atoms with E-state index in [9.17, 15) is 0 Å². The Kier molecular flexibility index (Phi) is 6.98. The van der Waals surface area contributed by atoms with Gasteiger partial charge in [0, 0.05) is 6.61 Å². The van der Waals surface area contributed by atoms with Crippen LogP contribution in [0, 0.1) is 5.92 Å². The summed E-state index contributed by atoms with van der Waals surface area (Å²) in [7, 11) is 0. The lowest BCUT2D eigenvalue weighted by molar-refractivity contribution is -0.00866. The number of nitrogens with one attached hydrogen (secondary N) is 1. The molecule has 0 atom stereocenters. The van der Waals surface area contributed by atoms with Gasteiger partial charge in [0.25, 0.3) is 0 Å². The van der Waals surface area contributed by atoms with Crippen LogP contribution in [0.25, 0.3) is 0 Å². The first-order valence-electron chi connectivity index (χ1n) is 6.19. The SMILES string of the molecule is CC(C)CCOCCOC1CCNCC1. The molecule has 0 amide bonds. The summed E-state index contributed by atoms with van der Waals surface area (Å²) in [5, 5.41) is 3.33. The molecule has 3 nitrogen and oxygen atoms in total. The van der Waals surface area contributed by atoms with Crippen LogP contribution >= 0.6 is 0 Å². The average Bonchev–Trinajstić information content (AvgIpc) is 2.24. The number of hydrogen-bond acceptors (Lipinski definition) is 3. The Hall–Kier alpha value is -0.120. The van der Waals surface area contributed by atoms with Gasteiger partial charge in [-0.1, -0.05) is 13.8 Å². The summed E-state index contributed by atoms with van der Waals surface area (Å²) in [6.45, 7) is 8.99. The molecule has 0 unspecified atom stereocenters. The summed E-state index contributed by atoms with van der Waals surface area (Å²) in [4.78, 5) is 0. The second-order valence-electron chi connectivity index (χ2n) is 4.62. The van der Waals surface area contributed by atoms with E-state index in [0.717, 1.165) is 58.1 Å². The minimum atomic E-state index is 0.458. The van der Waals surface area contributed by atoms with Crippen molar-refractivity contribution in [1.29, 1.82) is 0 Å². The topological polar surface area (TPSA) is 30.5 Å². The van der Waals surface area contributed by atoms with Crippen LogP contribution in [0.3, 0.4) is 0 Å². The second-order valence-corrected chi connectivity index (χ2v) is 4.62. The highest BCUT2D eigenvalue weighted by Crippen LogP contribution is 2.06. The van der Waals surface area contributed by atoms with Gasteiger partial charge < -0.3 is 14.8 Å². The molecule has 1 saturated heterocycles. The molecule has 15 heavy (non-hydrogen) atoms. The molecule has 0 bridgehead atoms. The molecular formula is C12H25NO2. The first-order valence-corrected chi connectivity index (χ1v) is 6.19. The molecular weight excluding hydrogens is 190 g/mol. The lowest BCUT2D eigenvalue weighted by Gasteiger charge is -2.22. The van der Waals surface area contributed by atoms with Crippen LogP contribution in [-0.4, -0.2) is 39.0 Å². The number of rotatable bonds is 7. The zero-order valence-corrected chi connectivity index (χ0v) is 10.1. The molecule has 0 aliphatic carbocycles. The quantitative estimate of drug-likeness (QED) is 0.657. The van der Waals surface area contributed by atoms with Crippen LogP contribution in [0.2, 0.25) is 0 Å². The van der Waals surface area contributed by atoms with Crippen LogP contribution in [0.5, 0.6) is 0 Å². The highest BCUT2D eigenvalue weighted by atomic mass is 16.5. The predicted octanol–water partition coefficient (Wildman–Crippen LogP) is 1.82. The van der Waals surface area contributed by atoms with E-state index in [0.29, 0.717) is 6.10 Å². The summed E-state index contributed by atoms with van der Waals surface area (Å²) >= 11 is 0. The molecule has 90 valence electrons. The fraction of sp³-hybridized carbons (Fsp3) is 1.00.